The summed E-state index contributed by atoms with van der Waals surface area (Å²) in [6.07, 6.45) is 1.49. The molecule has 1 aliphatic rings. The van der Waals surface area contributed by atoms with Crippen LogP contribution >= 0.6 is 34.8 Å². The van der Waals surface area contributed by atoms with E-state index in [1.807, 2.05) is 0 Å². The van der Waals surface area contributed by atoms with Gasteiger partial charge in [0.2, 0.25) is 5.78 Å². The molecule has 0 unspecified atom stereocenters. The van der Waals surface area contributed by atoms with Crippen LogP contribution in [-0.4, -0.2) is 11.8 Å². The van der Waals surface area contributed by atoms with Crippen molar-refractivity contribution in [3.8, 4) is 11.5 Å². The predicted molar refractivity (Wildman–Crippen MR) is 112 cm³/mol. The number of benzene rings is 3. The van der Waals surface area contributed by atoms with Gasteiger partial charge in [0.05, 0.1) is 11.1 Å². The molecular weight excluding hydrogens is 435 g/mol. The molecule has 3 aromatic carbocycles. The van der Waals surface area contributed by atoms with Crippen molar-refractivity contribution in [1.82, 2.24) is 0 Å². The quantitative estimate of drug-likeness (QED) is 0.263. The van der Waals surface area contributed by atoms with Crippen LogP contribution in [-0.2, 0) is 0 Å². The summed E-state index contributed by atoms with van der Waals surface area (Å²) >= 11 is 18.1. The summed E-state index contributed by atoms with van der Waals surface area (Å²) in [7, 11) is 0. The predicted octanol–water partition coefficient (Wildman–Crippen LogP) is 6.48. The molecule has 4 rings (SSSR count). The molecule has 3 aromatic rings. The van der Waals surface area contributed by atoms with Gasteiger partial charge in [0.1, 0.15) is 11.5 Å². The number of allylic oxidation sites excluding steroid dienone is 1. The molecule has 0 atom stereocenters. The number of fused-ring (bicyclic) bond motifs is 1. The maximum absolute atomic E-state index is 12.6. The Balaban J connectivity index is 1.58. The minimum Gasteiger partial charge on any atom is -0.452 e. The number of Topliss-reactive ketones (excluding diaryl/α,β-unsaturated/α-hetero) is 1. The van der Waals surface area contributed by atoms with Crippen LogP contribution in [0.5, 0.6) is 11.5 Å². The van der Waals surface area contributed by atoms with Gasteiger partial charge in [-0.3, -0.25) is 4.79 Å². The van der Waals surface area contributed by atoms with Gasteiger partial charge < -0.3 is 9.47 Å². The Morgan fingerprint density at radius 2 is 1.62 bits per heavy atom. The number of halogens is 3. The van der Waals surface area contributed by atoms with Gasteiger partial charge in [-0.2, -0.15) is 0 Å². The van der Waals surface area contributed by atoms with E-state index in [1.165, 1.54) is 24.3 Å². The largest absolute Gasteiger partial charge is 0.452 e. The first-order chi connectivity index (χ1) is 13.9. The molecule has 144 valence electrons. The summed E-state index contributed by atoms with van der Waals surface area (Å²) < 4.78 is 11.0. The van der Waals surface area contributed by atoms with Crippen molar-refractivity contribution in [3.63, 3.8) is 0 Å². The van der Waals surface area contributed by atoms with Crippen LogP contribution in [0, 0.1) is 0 Å². The molecule has 0 saturated heterocycles. The maximum Gasteiger partial charge on any atom is 0.343 e. The zero-order valence-electron chi connectivity index (χ0n) is 14.6. The highest BCUT2D eigenvalue weighted by Gasteiger charge is 2.28. The lowest BCUT2D eigenvalue weighted by atomic mass is 10.1. The normalized spacial score (nSPS) is 13.9. The van der Waals surface area contributed by atoms with Crippen LogP contribution < -0.4 is 9.47 Å². The second-order valence-corrected chi connectivity index (χ2v) is 7.38. The lowest BCUT2D eigenvalue weighted by molar-refractivity contribution is 0.0734. The van der Waals surface area contributed by atoms with Gasteiger partial charge in [0, 0.05) is 26.7 Å². The van der Waals surface area contributed by atoms with Gasteiger partial charge in [0.25, 0.3) is 0 Å². The van der Waals surface area contributed by atoms with E-state index in [2.05, 4.69) is 0 Å². The summed E-state index contributed by atoms with van der Waals surface area (Å²) in [6.45, 7) is 0. The van der Waals surface area contributed by atoms with Gasteiger partial charge in [-0.05, 0) is 54.6 Å². The third-order valence-corrected chi connectivity index (χ3v) is 5.12. The van der Waals surface area contributed by atoms with Gasteiger partial charge >= 0.3 is 5.97 Å². The van der Waals surface area contributed by atoms with Crippen molar-refractivity contribution in [3.05, 3.63) is 98.2 Å². The summed E-state index contributed by atoms with van der Waals surface area (Å²) in [5, 5.41) is 1.31. The summed E-state index contributed by atoms with van der Waals surface area (Å²) in [5.74, 6) is -0.258. The van der Waals surface area contributed by atoms with E-state index >= 15 is 0 Å². The molecule has 0 N–H and O–H groups in total. The standard InChI is InChI=1S/C22H11Cl3O4/c23-13-6-4-12(5-7-13)22(27)28-14-8-9-15-19(10-14)29-20(21(15)26)11-16-17(24)2-1-3-18(16)25/h1-11H/b20-11-. The number of carbonyl (C=O) groups is 2. The van der Waals surface area contributed by atoms with Crippen molar-refractivity contribution in [1.29, 1.82) is 0 Å². The van der Waals surface area contributed by atoms with Gasteiger partial charge in [-0.25, -0.2) is 4.79 Å². The molecule has 0 spiro atoms. The van der Waals surface area contributed by atoms with Crippen LogP contribution in [0.25, 0.3) is 6.08 Å². The fraction of sp³-hybridized carbons (Fsp3) is 0. The first-order valence-electron chi connectivity index (χ1n) is 8.42. The summed E-state index contributed by atoms with van der Waals surface area (Å²) in [5.41, 5.74) is 1.19. The lowest BCUT2D eigenvalue weighted by Gasteiger charge is -2.06. The molecule has 0 aliphatic carbocycles. The number of esters is 1. The van der Waals surface area contributed by atoms with Gasteiger partial charge in [0.15, 0.2) is 5.76 Å². The van der Waals surface area contributed by atoms with E-state index in [-0.39, 0.29) is 23.0 Å². The molecule has 0 bridgehead atoms. The number of ketones is 1. The second kappa shape index (κ2) is 7.91. The van der Waals surface area contributed by atoms with Gasteiger partial charge in [-0.1, -0.05) is 40.9 Å². The lowest BCUT2D eigenvalue weighted by Crippen LogP contribution is -2.08. The Labute approximate surface area is 181 Å². The smallest absolute Gasteiger partial charge is 0.343 e. The van der Waals surface area contributed by atoms with Gasteiger partial charge in [-0.15, -0.1) is 0 Å². The minimum absolute atomic E-state index is 0.0798. The summed E-state index contributed by atoms with van der Waals surface area (Å²) in [4.78, 5) is 24.9. The Kier molecular flexibility index (Phi) is 5.33. The second-order valence-electron chi connectivity index (χ2n) is 6.13. The average molecular weight is 446 g/mol. The number of rotatable bonds is 3. The number of hydrogen-bond donors (Lipinski definition) is 0. The maximum atomic E-state index is 12.6. The highest BCUT2D eigenvalue weighted by atomic mass is 35.5. The molecule has 0 amide bonds. The van der Waals surface area contributed by atoms with Crippen LogP contribution in [0.2, 0.25) is 15.1 Å². The fourth-order valence-electron chi connectivity index (χ4n) is 2.76. The highest BCUT2D eigenvalue weighted by Crippen LogP contribution is 2.36. The monoisotopic (exact) mass is 444 g/mol. The van der Waals surface area contributed by atoms with E-state index in [1.54, 1.807) is 42.5 Å². The third-order valence-electron chi connectivity index (χ3n) is 4.21. The molecular formula is C22H11Cl3O4. The van der Waals surface area contributed by atoms with Crippen molar-refractivity contribution < 1.29 is 19.1 Å². The SMILES string of the molecule is O=C(Oc1ccc2c(c1)O/C(=C\c1c(Cl)cccc1Cl)C2=O)c1ccc(Cl)cc1. The molecule has 29 heavy (non-hydrogen) atoms. The molecule has 1 heterocycles. The van der Waals surface area contributed by atoms with Crippen molar-refractivity contribution in [2.75, 3.05) is 0 Å². The highest BCUT2D eigenvalue weighted by molar-refractivity contribution is 6.37. The van der Waals surface area contributed by atoms with Crippen LogP contribution in [0.3, 0.4) is 0 Å². The van der Waals surface area contributed by atoms with E-state index in [4.69, 9.17) is 44.3 Å². The number of carbonyl (C=O) groups excluding carboxylic acids is 2. The molecule has 0 fully saturated rings. The van der Waals surface area contributed by atoms with E-state index < -0.39 is 5.97 Å². The van der Waals surface area contributed by atoms with E-state index in [0.29, 0.717) is 31.8 Å². The summed E-state index contributed by atoms with van der Waals surface area (Å²) in [6, 6.07) is 15.9. The van der Waals surface area contributed by atoms with E-state index in [0.717, 1.165) is 0 Å². The topological polar surface area (TPSA) is 52.6 Å². The number of ether oxygens (including phenoxy) is 2. The molecule has 1 aliphatic heterocycles. The zero-order chi connectivity index (χ0) is 20.5. The molecule has 0 radical (unpaired) electrons. The van der Waals surface area contributed by atoms with Crippen molar-refractivity contribution >= 4 is 52.6 Å². The Hall–Kier alpha value is -2.79. The molecule has 0 saturated carbocycles. The average Bonchev–Trinajstić information content (AvgIpc) is 3.00. The molecule has 7 heteroatoms. The Morgan fingerprint density at radius 1 is 0.931 bits per heavy atom. The van der Waals surface area contributed by atoms with Crippen LogP contribution in [0.1, 0.15) is 26.3 Å². The zero-order valence-corrected chi connectivity index (χ0v) is 16.9. The third kappa shape index (κ3) is 4.01. The molecule has 4 nitrogen and oxygen atoms in total. The van der Waals surface area contributed by atoms with Crippen LogP contribution in [0.15, 0.2) is 66.4 Å². The first-order valence-corrected chi connectivity index (χ1v) is 9.56. The first kappa shape index (κ1) is 19.5. The van der Waals surface area contributed by atoms with Crippen molar-refractivity contribution in [2.45, 2.75) is 0 Å². The fourth-order valence-corrected chi connectivity index (χ4v) is 3.39. The van der Waals surface area contributed by atoms with Crippen LogP contribution in [0.4, 0.5) is 0 Å². The Bertz CT molecular complexity index is 1150. The van der Waals surface area contributed by atoms with Crippen molar-refractivity contribution in [2.24, 2.45) is 0 Å². The molecule has 0 aromatic heterocycles. The minimum atomic E-state index is -0.551. The van der Waals surface area contributed by atoms with E-state index in [9.17, 15) is 9.59 Å². The number of hydrogen-bond acceptors (Lipinski definition) is 4. The Morgan fingerprint density at radius 3 is 2.31 bits per heavy atom.